The molecule has 0 aromatic carbocycles. The molecule has 0 aromatic rings. The Morgan fingerprint density at radius 2 is 0.574 bits per heavy atom. The molecule has 0 saturated carbocycles. The first-order valence-electron chi connectivity index (χ1n) is 27.1. The Hall–Kier alpha value is -1.59. The van der Waals surface area contributed by atoms with Gasteiger partial charge in [-0.05, 0) is 37.0 Å². The second-order valence-corrected chi connectivity index (χ2v) is 20.1. The van der Waals surface area contributed by atoms with E-state index in [-0.39, 0.29) is 31.1 Å². The van der Waals surface area contributed by atoms with E-state index in [2.05, 4.69) is 41.5 Å². The lowest BCUT2D eigenvalue weighted by molar-refractivity contribution is -0.167. The Morgan fingerprint density at radius 1 is 0.328 bits per heavy atom. The third-order valence-corrected chi connectivity index (χ3v) is 12.8. The molecule has 0 saturated heterocycles. The molecule has 0 spiro atoms. The molecule has 0 bridgehead atoms. The summed E-state index contributed by atoms with van der Waals surface area (Å²) in [4.78, 5) is 38.0. The summed E-state index contributed by atoms with van der Waals surface area (Å²) in [5.74, 6) is 1.68. The summed E-state index contributed by atoms with van der Waals surface area (Å²) in [7, 11) is 0. The molecule has 1 unspecified atom stereocenters. The second-order valence-electron chi connectivity index (χ2n) is 20.1. The van der Waals surface area contributed by atoms with Gasteiger partial charge in [0.1, 0.15) is 13.2 Å². The van der Waals surface area contributed by atoms with Gasteiger partial charge in [0.2, 0.25) is 0 Å². The summed E-state index contributed by atoms with van der Waals surface area (Å²) in [6.07, 6.45) is 46.5. The van der Waals surface area contributed by atoms with Crippen LogP contribution in [-0.4, -0.2) is 37.2 Å². The van der Waals surface area contributed by atoms with Crippen molar-refractivity contribution in [1.29, 1.82) is 0 Å². The van der Waals surface area contributed by atoms with E-state index in [9.17, 15) is 14.4 Å². The first-order chi connectivity index (χ1) is 29.6. The molecule has 0 radical (unpaired) electrons. The first-order valence-corrected chi connectivity index (χ1v) is 27.1. The number of carbonyl (C=O) groups is 3. The van der Waals surface area contributed by atoms with Crippen LogP contribution < -0.4 is 0 Å². The molecule has 6 nitrogen and oxygen atoms in total. The number of hydrogen-bond acceptors (Lipinski definition) is 6. The van der Waals surface area contributed by atoms with Crippen molar-refractivity contribution >= 4 is 17.9 Å². The predicted octanol–water partition coefficient (Wildman–Crippen LogP) is 17.6. The highest BCUT2D eigenvalue weighted by Crippen LogP contribution is 2.18. The largest absolute Gasteiger partial charge is 0.462 e. The molecule has 362 valence electrons. The summed E-state index contributed by atoms with van der Waals surface area (Å²) in [5.41, 5.74) is 0. The molecular formula is C55H106O6. The molecule has 0 amide bonds. The average Bonchev–Trinajstić information content (AvgIpc) is 3.23. The van der Waals surface area contributed by atoms with E-state index in [0.29, 0.717) is 19.3 Å². The van der Waals surface area contributed by atoms with Crippen LogP contribution in [0.15, 0.2) is 0 Å². The maximum absolute atomic E-state index is 12.8. The smallest absolute Gasteiger partial charge is 0.306 e. The van der Waals surface area contributed by atoms with Gasteiger partial charge < -0.3 is 14.2 Å². The zero-order chi connectivity index (χ0) is 44.9. The summed E-state index contributed by atoms with van der Waals surface area (Å²) in [6.45, 7) is 13.8. The van der Waals surface area contributed by atoms with E-state index in [4.69, 9.17) is 14.2 Å². The minimum absolute atomic E-state index is 0.0643. The summed E-state index contributed by atoms with van der Waals surface area (Å²) in [6, 6.07) is 0. The predicted molar refractivity (Wildman–Crippen MR) is 261 cm³/mol. The minimum Gasteiger partial charge on any atom is -0.462 e. The molecule has 61 heavy (non-hydrogen) atoms. The Kier molecular flexibility index (Phi) is 45.2. The lowest BCUT2D eigenvalue weighted by Crippen LogP contribution is -2.30. The minimum atomic E-state index is -0.763. The van der Waals surface area contributed by atoms with E-state index < -0.39 is 6.10 Å². The average molecular weight is 863 g/mol. The van der Waals surface area contributed by atoms with Gasteiger partial charge in [-0.1, -0.05) is 260 Å². The molecule has 0 heterocycles. The zero-order valence-corrected chi connectivity index (χ0v) is 42.0. The van der Waals surface area contributed by atoms with Gasteiger partial charge in [-0.2, -0.15) is 0 Å². The van der Waals surface area contributed by atoms with Crippen molar-refractivity contribution in [3.8, 4) is 0 Å². The van der Waals surface area contributed by atoms with Gasteiger partial charge in [-0.15, -0.1) is 0 Å². The van der Waals surface area contributed by atoms with Crippen LogP contribution in [0.5, 0.6) is 0 Å². The lowest BCUT2D eigenvalue weighted by Gasteiger charge is -2.18. The van der Waals surface area contributed by atoms with Gasteiger partial charge in [0.15, 0.2) is 6.10 Å². The number of hydrogen-bond donors (Lipinski definition) is 0. The third-order valence-electron chi connectivity index (χ3n) is 12.8. The van der Waals surface area contributed by atoms with Gasteiger partial charge in [-0.3, -0.25) is 14.4 Å². The van der Waals surface area contributed by atoms with Gasteiger partial charge in [0.25, 0.3) is 0 Å². The summed E-state index contributed by atoms with van der Waals surface area (Å²) in [5, 5.41) is 0. The number of rotatable bonds is 48. The van der Waals surface area contributed by atoms with Crippen molar-refractivity contribution in [2.45, 2.75) is 304 Å². The highest BCUT2D eigenvalue weighted by atomic mass is 16.6. The highest BCUT2D eigenvalue weighted by molar-refractivity contribution is 5.71. The Balaban J connectivity index is 4.33. The van der Waals surface area contributed by atoms with Gasteiger partial charge in [0.05, 0.1) is 0 Å². The van der Waals surface area contributed by atoms with Gasteiger partial charge in [0, 0.05) is 19.3 Å². The van der Waals surface area contributed by atoms with Crippen LogP contribution >= 0.6 is 0 Å². The summed E-state index contributed by atoms with van der Waals surface area (Å²) < 4.78 is 16.8. The Bertz CT molecular complexity index is 947. The van der Waals surface area contributed by atoms with Crippen LogP contribution in [0.4, 0.5) is 0 Å². The van der Waals surface area contributed by atoms with E-state index in [1.807, 2.05) is 0 Å². The monoisotopic (exact) mass is 863 g/mol. The van der Waals surface area contributed by atoms with Gasteiger partial charge in [-0.25, -0.2) is 0 Å². The van der Waals surface area contributed by atoms with Crippen LogP contribution in [0, 0.1) is 17.8 Å². The molecule has 0 aromatic heterocycles. The molecule has 0 aliphatic heterocycles. The number of esters is 3. The van der Waals surface area contributed by atoms with E-state index in [1.54, 1.807) is 0 Å². The second kappa shape index (κ2) is 46.4. The van der Waals surface area contributed by atoms with Crippen molar-refractivity contribution in [3.05, 3.63) is 0 Å². The quantitative estimate of drug-likeness (QED) is 0.0344. The standard InChI is InChI=1S/C55H106O6/c1-7-51(6)43-37-31-25-19-15-16-21-27-33-39-45-54(57)60-48-52(61-55(58)46-40-34-28-22-14-10-12-18-24-30-36-42-50(4)5)47-59-53(56)44-38-32-26-20-13-9-8-11-17-23-29-35-41-49(2)3/h49-52H,7-48H2,1-6H3/t51?,52-/m1/s1. The lowest BCUT2D eigenvalue weighted by atomic mass is 9.99. The number of carbonyl (C=O) groups excluding carboxylic acids is 3. The fraction of sp³-hybridized carbons (Fsp3) is 0.945. The third kappa shape index (κ3) is 47.7. The Morgan fingerprint density at radius 3 is 0.852 bits per heavy atom. The van der Waals surface area contributed by atoms with E-state index in [0.717, 1.165) is 75.5 Å². The van der Waals surface area contributed by atoms with Crippen molar-refractivity contribution in [2.24, 2.45) is 17.8 Å². The summed E-state index contributed by atoms with van der Waals surface area (Å²) >= 11 is 0. The number of unbranched alkanes of at least 4 members (excludes halogenated alkanes) is 30. The van der Waals surface area contributed by atoms with Crippen molar-refractivity contribution in [3.63, 3.8) is 0 Å². The first kappa shape index (κ1) is 59.4. The molecule has 0 aliphatic rings. The van der Waals surface area contributed by atoms with Crippen LogP contribution in [0.2, 0.25) is 0 Å². The topological polar surface area (TPSA) is 78.9 Å². The van der Waals surface area contributed by atoms with Crippen LogP contribution in [0.25, 0.3) is 0 Å². The van der Waals surface area contributed by atoms with Crippen LogP contribution in [-0.2, 0) is 28.6 Å². The highest BCUT2D eigenvalue weighted by Gasteiger charge is 2.19. The van der Waals surface area contributed by atoms with Crippen LogP contribution in [0.3, 0.4) is 0 Å². The van der Waals surface area contributed by atoms with Crippen LogP contribution in [0.1, 0.15) is 298 Å². The zero-order valence-electron chi connectivity index (χ0n) is 42.0. The molecule has 0 N–H and O–H groups in total. The van der Waals surface area contributed by atoms with Crippen molar-refractivity contribution in [2.75, 3.05) is 13.2 Å². The van der Waals surface area contributed by atoms with Gasteiger partial charge >= 0.3 is 17.9 Å². The number of ether oxygens (including phenoxy) is 3. The van der Waals surface area contributed by atoms with Crippen molar-refractivity contribution < 1.29 is 28.6 Å². The molecular weight excluding hydrogens is 757 g/mol. The fourth-order valence-corrected chi connectivity index (χ4v) is 8.26. The maximum atomic E-state index is 12.8. The maximum Gasteiger partial charge on any atom is 0.306 e. The molecule has 6 heteroatoms. The molecule has 2 atom stereocenters. The van der Waals surface area contributed by atoms with E-state index in [1.165, 1.54) is 180 Å². The SMILES string of the molecule is CCC(C)CCCCCCCCCCCCC(=O)OC[C@@H](COC(=O)CCCCCCCCCCCCCCC(C)C)OC(=O)CCCCCCCCCCCCCC(C)C. The normalized spacial score (nSPS) is 12.6. The Labute approximate surface area is 380 Å². The molecule has 0 rings (SSSR count). The molecule has 0 fully saturated rings. The fourth-order valence-electron chi connectivity index (χ4n) is 8.26. The van der Waals surface area contributed by atoms with E-state index >= 15 is 0 Å². The molecule has 0 aliphatic carbocycles. The van der Waals surface area contributed by atoms with Crippen molar-refractivity contribution in [1.82, 2.24) is 0 Å².